The van der Waals surface area contributed by atoms with Gasteiger partial charge in [-0.05, 0) is 55.2 Å². The van der Waals surface area contributed by atoms with Crippen molar-refractivity contribution in [2.45, 2.75) is 43.7 Å². The lowest BCUT2D eigenvalue weighted by Crippen LogP contribution is -2.56. The number of carbonyl (C=O) groups is 1. The van der Waals surface area contributed by atoms with Gasteiger partial charge in [-0.1, -0.05) is 25.0 Å². The topological polar surface area (TPSA) is 59.0 Å². The van der Waals surface area contributed by atoms with E-state index in [2.05, 4.69) is 0 Å². The van der Waals surface area contributed by atoms with Gasteiger partial charge in [-0.2, -0.15) is 0 Å². The van der Waals surface area contributed by atoms with Crippen molar-refractivity contribution in [3.8, 4) is 11.5 Å². The van der Waals surface area contributed by atoms with Crippen LogP contribution in [0.25, 0.3) is 0 Å². The fraction of sp³-hybridized carbons (Fsp3) is 0.458. The minimum Gasteiger partial charge on any atom is -0.493 e. The zero-order chi connectivity index (χ0) is 21.3. The molecule has 30 heavy (non-hydrogen) atoms. The second kappa shape index (κ2) is 8.26. The maximum atomic E-state index is 13.8. The van der Waals surface area contributed by atoms with Gasteiger partial charge in [0.1, 0.15) is 5.82 Å². The number of ether oxygens (including phenoxy) is 2. The maximum Gasteiger partial charge on any atom is 0.254 e. The third-order valence-corrected chi connectivity index (χ3v) is 6.65. The summed E-state index contributed by atoms with van der Waals surface area (Å²) in [6, 6.07) is 11.1. The molecular weight excluding hydrogens is 385 g/mol. The average Bonchev–Trinajstić information content (AvgIpc) is 2.77. The molecule has 3 atom stereocenters. The molecule has 5 nitrogen and oxygen atoms in total. The molecule has 2 aliphatic rings. The van der Waals surface area contributed by atoms with E-state index in [-0.39, 0.29) is 17.9 Å². The van der Waals surface area contributed by atoms with Crippen molar-refractivity contribution >= 4 is 5.91 Å². The molecule has 2 aromatic rings. The third-order valence-electron chi connectivity index (χ3n) is 6.65. The average molecular weight is 413 g/mol. The molecule has 1 saturated carbocycles. The number of rotatable bonds is 4. The second-order valence-corrected chi connectivity index (χ2v) is 8.27. The molecule has 6 heteroatoms. The van der Waals surface area contributed by atoms with Gasteiger partial charge in [0.25, 0.3) is 5.91 Å². The number of fused-ring (bicyclic) bond motifs is 1. The highest BCUT2D eigenvalue weighted by Gasteiger charge is 2.50. The SMILES string of the molecule is COc1ccc([C@H]2[C@@H]3CCCC[C@]3(O)CCN2C(=O)c2cccc(F)c2)cc1OC. The predicted octanol–water partition coefficient (Wildman–Crippen LogP) is 4.35. The summed E-state index contributed by atoms with van der Waals surface area (Å²) in [4.78, 5) is 15.2. The van der Waals surface area contributed by atoms with Gasteiger partial charge < -0.3 is 19.5 Å². The summed E-state index contributed by atoms with van der Waals surface area (Å²) < 4.78 is 24.6. The number of aliphatic hydroxyl groups is 1. The Labute approximate surface area is 176 Å². The number of halogens is 1. The van der Waals surface area contributed by atoms with Gasteiger partial charge in [-0.15, -0.1) is 0 Å². The smallest absolute Gasteiger partial charge is 0.254 e. The lowest BCUT2D eigenvalue weighted by atomic mass is 9.66. The van der Waals surface area contributed by atoms with Gasteiger partial charge in [0.05, 0.1) is 25.9 Å². The van der Waals surface area contributed by atoms with Crippen LogP contribution in [-0.2, 0) is 0 Å². The first kappa shape index (κ1) is 20.7. The van der Waals surface area contributed by atoms with Crippen molar-refractivity contribution in [2.75, 3.05) is 20.8 Å². The molecule has 2 fully saturated rings. The van der Waals surface area contributed by atoms with Crippen molar-refractivity contribution < 1.29 is 23.8 Å². The molecule has 0 radical (unpaired) electrons. The van der Waals surface area contributed by atoms with Crippen LogP contribution in [0.15, 0.2) is 42.5 Å². The van der Waals surface area contributed by atoms with E-state index in [0.29, 0.717) is 30.0 Å². The highest BCUT2D eigenvalue weighted by atomic mass is 19.1. The largest absolute Gasteiger partial charge is 0.493 e. The maximum absolute atomic E-state index is 13.8. The quantitative estimate of drug-likeness (QED) is 0.810. The summed E-state index contributed by atoms with van der Waals surface area (Å²) in [5.74, 6) is 0.448. The van der Waals surface area contributed by atoms with Gasteiger partial charge in [-0.3, -0.25) is 4.79 Å². The van der Waals surface area contributed by atoms with Crippen LogP contribution in [0.5, 0.6) is 11.5 Å². The lowest BCUT2D eigenvalue weighted by molar-refractivity contribution is -0.115. The fourth-order valence-electron chi connectivity index (χ4n) is 5.15. The zero-order valence-corrected chi connectivity index (χ0v) is 17.4. The molecule has 0 bridgehead atoms. The van der Waals surface area contributed by atoms with Crippen LogP contribution in [0.1, 0.15) is 54.1 Å². The number of benzene rings is 2. The van der Waals surface area contributed by atoms with E-state index in [9.17, 15) is 14.3 Å². The van der Waals surface area contributed by atoms with Gasteiger partial charge in [0.2, 0.25) is 0 Å². The van der Waals surface area contributed by atoms with Crippen LogP contribution in [0.2, 0.25) is 0 Å². The van der Waals surface area contributed by atoms with Crippen LogP contribution in [0.4, 0.5) is 4.39 Å². The predicted molar refractivity (Wildman–Crippen MR) is 111 cm³/mol. The van der Waals surface area contributed by atoms with Crippen molar-refractivity contribution in [1.29, 1.82) is 0 Å². The Hall–Kier alpha value is -2.60. The van der Waals surface area contributed by atoms with E-state index in [0.717, 1.165) is 31.2 Å². The number of hydrogen-bond acceptors (Lipinski definition) is 4. The van der Waals surface area contributed by atoms with E-state index in [1.807, 2.05) is 18.2 Å². The minimum atomic E-state index is -0.797. The van der Waals surface area contributed by atoms with E-state index < -0.39 is 11.4 Å². The molecule has 1 saturated heterocycles. The van der Waals surface area contributed by atoms with Crippen LogP contribution >= 0.6 is 0 Å². The normalized spacial score (nSPS) is 26.1. The van der Waals surface area contributed by atoms with Gasteiger partial charge >= 0.3 is 0 Å². The molecule has 0 unspecified atom stereocenters. The van der Waals surface area contributed by atoms with Crippen molar-refractivity contribution in [1.82, 2.24) is 4.90 Å². The van der Waals surface area contributed by atoms with Crippen molar-refractivity contribution in [2.24, 2.45) is 5.92 Å². The summed E-state index contributed by atoms with van der Waals surface area (Å²) in [5, 5.41) is 11.4. The van der Waals surface area contributed by atoms with Crippen LogP contribution in [-0.4, -0.2) is 42.3 Å². The van der Waals surface area contributed by atoms with E-state index in [1.165, 1.54) is 12.1 Å². The number of piperidine rings is 1. The number of amides is 1. The number of carbonyl (C=O) groups excluding carboxylic acids is 1. The monoisotopic (exact) mass is 413 g/mol. The first-order valence-electron chi connectivity index (χ1n) is 10.5. The Kier molecular flexibility index (Phi) is 5.69. The molecule has 1 heterocycles. The molecule has 0 aromatic heterocycles. The minimum absolute atomic E-state index is 0.0874. The Morgan fingerprint density at radius 3 is 2.63 bits per heavy atom. The van der Waals surface area contributed by atoms with Gasteiger partial charge in [0.15, 0.2) is 11.5 Å². The first-order chi connectivity index (χ1) is 14.5. The molecular formula is C24H28FNO4. The Balaban J connectivity index is 1.78. The highest BCUT2D eigenvalue weighted by molar-refractivity contribution is 5.94. The first-order valence-corrected chi connectivity index (χ1v) is 10.5. The van der Waals surface area contributed by atoms with Crippen molar-refractivity contribution in [3.63, 3.8) is 0 Å². The number of nitrogens with zero attached hydrogens (tertiary/aromatic N) is 1. The van der Waals surface area contributed by atoms with Crippen LogP contribution in [0, 0.1) is 11.7 Å². The molecule has 0 spiro atoms. The van der Waals surface area contributed by atoms with Crippen molar-refractivity contribution in [3.05, 3.63) is 59.4 Å². The zero-order valence-electron chi connectivity index (χ0n) is 17.4. The summed E-state index contributed by atoms with van der Waals surface area (Å²) in [6.07, 6.45) is 4.11. The standard InChI is InChI=1S/C24H28FNO4/c1-29-20-10-9-16(15-21(20)30-2)22-19-8-3-4-11-24(19,28)12-13-26(22)23(27)17-6-5-7-18(25)14-17/h5-7,9-10,14-15,19,22,28H,3-4,8,11-13H2,1-2H3/t19-,22-,24-/m0/s1. The fourth-order valence-corrected chi connectivity index (χ4v) is 5.15. The van der Waals surface area contributed by atoms with E-state index >= 15 is 0 Å². The third kappa shape index (κ3) is 3.65. The van der Waals surface area contributed by atoms with Crippen LogP contribution < -0.4 is 9.47 Å². The number of methoxy groups -OCH3 is 2. The molecule has 1 aliphatic carbocycles. The van der Waals surface area contributed by atoms with E-state index in [1.54, 1.807) is 31.3 Å². The molecule has 1 aliphatic heterocycles. The second-order valence-electron chi connectivity index (χ2n) is 8.27. The summed E-state index contributed by atoms with van der Waals surface area (Å²) in [6.45, 7) is 0.418. The highest BCUT2D eigenvalue weighted by Crippen LogP contribution is 2.50. The number of likely N-dealkylation sites (tertiary alicyclic amines) is 1. The summed E-state index contributed by atoms with van der Waals surface area (Å²) >= 11 is 0. The van der Waals surface area contributed by atoms with E-state index in [4.69, 9.17) is 9.47 Å². The van der Waals surface area contributed by atoms with Gasteiger partial charge in [0, 0.05) is 18.0 Å². The Morgan fingerprint density at radius 2 is 1.90 bits per heavy atom. The Morgan fingerprint density at radius 1 is 1.10 bits per heavy atom. The summed E-state index contributed by atoms with van der Waals surface area (Å²) in [5.41, 5.74) is 0.415. The number of hydrogen-bond donors (Lipinski definition) is 1. The molecule has 1 amide bonds. The van der Waals surface area contributed by atoms with Crippen LogP contribution in [0.3, 0.4) is 0 Å². The molecule has 4 rings (SSSR count). The molecule has 1 N–H and O–H groups in total. The molecule has 2 aromatic carbocycles. The lowest BCUT2D eigenvalue weighted by Gasteiger charge is -2.52. The summed E-state index contributed by atoms with van der Waals surface area (Å²) in [7, 11) is 3.16. The molecule has 160 valence electrons. The Bertz CT molecular complexity index is 933. The van der Waals surface area contributed by atoms with Gasteiger partial charge in [-0.25, -0.2) is 4.39 Å².